The van der Waals surface area contributed by atoms with E-state index in [9.17, 15) is 18.0 Å². The van der Waals surface area contributed by atoms with Crippen molar-refractivity contribution in [1.82, 2.24) is 14.9 Å². The summed E-state index contributed by atoms with van der Waals surface area (Å²) in [6, 6.07) is 14.5. The molecular weight excluding hydrogens is 707 g/mol. The normalized spacial score (nSPS) is 15.9. The zero-order valence-electron chi connectivity index (χ0n) is 26.9. The van der Waals surface area contributed by atoms with E-state index in [1.165, 1.54) is 19.2 Å². The molecule has 4 aromatic rings. The fourth-order valence-corrected chi connectivity index (χ4v) is 6.28. The number of benzene rings is 3. The van der Waals surface area contributed by atoms with Crippen LogP contribution < -0.4 is 29.7 Å². The Balaban J connectivity index is 1.19. The zero-order valence-corrected chi connectivity index (χ0v) is 28.5. The number of nitrogens with zero attached hydrogens (tertiary/aromatic N) is 6. The topological polar surface area (TPSA) is 119 Å². The van der Waals surface area contributed by atoms with Gasteiger partial charge in [0.05, 0.1) is 39.2 Å². The molecule has 2 aliphatic heterocycles. The van der Waals surface area contributed by atoms with Crippen molar-refractivity contribution in [2.75, 3.05) is 69.7 Å². The molecule has 6 rings (SSSR count). The molecule has 256 valence electrons. The molecule has 2 aliphatic rings. The Kier molecular flexibility index (Phi) is 9.65. The molecule has 0 radical (unpaired) electrons. The van der Waals surface area contributed by atoms with E-state index in [0.29, 0.717) is 72.4 Å². The number of fused-ring (bicyclic) bond motifs is 1. The lowest BCUT2D eigenvalue weighted by molar-refractivity contribution is -0.137. The monoisotopic (exact) mass is 739 g/mol. The average molecular weight is 741 g/mol. The number of halogens is 4. The summed E-state index contributed by atoms with van der Waals surface area (Å²) < 4.78 is 56.9. The SMILES string of the molecule is COc1cc(Cc2cnc(/N=C3\C(=O)N(CN4CCN(c5cccc(C(F)(F)F)c5)CC4)c4ccc(Br)cc43)nc2N)cc(OC)c1OC. The maximum Gasteiger partial charge on any atom is 0.416 e. The summed E-state index contributed by atoms with van der Waals surface area (Å²) in [5.74, 6) is 1.41. The summed E-state index contributed by atoms with van der Waals surface area (Å²) >= 11 is 3.50. The van der Waals surface area contributed by atoms with E-state index in [2.05, 4.69) is 35.8 Å². The van der Waals surface area contributed by atoms with Crippen molar-refractivity contribution in [2.24, 2.45) is 4.99 Å². The first-order valence-electron chi connectivity index (χ1n) is 15.2. The average Bonchev–Trinajstić information content (AvgIpc) is 3.34. The minimum atomic E-state index is -4.41. The van der Waals surface area contributed by atoms with E-state index < -0.39 is 11.7 Å². The molecule has 3 aromatic carbocycles. The van der Waals surface area contributed by atoms with Crippen molar-refractivity contribution in [3.05, 3.63) is 87.5 Å². The van der Waals surface area contributed by atoms with E-state index >= 15 is 0 Å². The maximum atomic E-state index is 13.9. The van der Waals surface area contributed by atoms with Crippen LogP contribution in [-0.4, -0.2) is 80.7 Å². The predicted molar refractivity (Wildman–Crippen MR) is 183 cm³/mol. The molecule has 0 aliphatic carbocycles. The molecule has 0 bridgehead atoms. The second-order valence-corrected chi connectivity index (χ2v) is 12.4. The molecule has 1 aromatic heterocycles. The molecule has 0 spiro atoms. The molecule has 11 nitrogen and oxygen atoms in total. The van der Waals surface area contributed by atoms with Gasteiger partial charge in [-0.05, 0) is 54.1 Å². The van der Waals surface area contributed by atoms with E-state index in [0.717, 1.165) is 16.1 Å². The van der Waals surface area contributed by atoms with Gasteiger partial charge < -0.3 is 24.8 Å². The van der Waals surface area contributed by atoms with Crippen molar-refractivity contribution in [1.29, 1.82) is 0 Å². The summed E-state index contributed by atoms with van der Waals surface area (Å²) in [5.41, 5.74) is 9.14. The Morgan fingerprint density at radius 3 is 2.31 bits per heavy atom. The van der Waals surface area contributed by atoms with Gasteiger partial charge in [-0.1, -0.05) is 22.0 Å². The number of aromatic nitrogens is 2. The first-order chi connectivity index (χ1) is 23.5. The summed E-state index contributed by atoms with van der Waals surface area (Å²) in [4.78, 5) is 32.9. The van der Waals surface area contributed by atoms with Crippen LogP contribution >= 0.6 is 15.9 Å². The van der Waals surface area contributed by atoms with Crippen LogP contribution in [0.2, 0.25) is 0 Å². The van der Waals surface area contributed by atoms with Crippen LogP contribution in [0.3, 0.4) is 0 Å². The Bertz CT molecular complexity index is 1890. The molecule has 0 atom stereocenters. The number of alkyl halides is 3. The highest BCUT2D eigenvalue weighted by Crippen LogP contribution is 2.39. The van der Waals surface area contributed by atoms with Crippen molar-refractivity contribution < 1.29 is 32.2 Å². The summed E-state index contributed by atoms with van der Waals surface area (Å²) in [6.07, 6.45) is -2.45. The molecule has 0 unspecified atom stereocenters. The summed E-state index contributed by atoms with van der Waals surface area (Å²) in [6.45, 7) is 2.39. The number of aliphatic imine (C=N–C) groups is 1. The van der Waals surface area contributed by atoms with Crippen LogP contribution in [0.4, 0.5) is 36.3 Å². The Labute approximate surface area is 289 Å². The van der Waals surface area contributed by atoms with Crippen LogP contribution in [0.15, 0.2) is 70.3 Å². The van der Waals surface area contributed by atoms with Gasteiger partial charge in [-0.15, -0.1) is 0 Å². The zero-order chi connectivity index (χ0) is 34.9. The van der Waals surface area contributed by atoms with Gasteiger partial charge in [0.25, 0.3) is 11.9 Å². The molecular formula is C34H33BrF3N7O4. The summed E-state index contributed by atoms with van der Waals surface area (Å²) in [5, 5.41) is 0. The smallest absolute Gasteiger partial charge is 0.416 e. The van der Waals surface area contributed by atoms with Crippen molar-refractivity contribution in [3.8, 4) is 17.2 Å². The number of hydrogen-bond donors (Lipinski definition) is 1. The minimum absolute atomic E-state index is 0.0389. The number of rotatable bonds is 9. The van der Waals surface area contributed by atoms with Gasteiger partial charge in [-0.25, -0.2) is 9.98 Å². The number of ether oxygens (including phenoxy) is 3. The van der Waals surface area contributed by atoms with Gasteiger partial charge in [0.2, 0.25) is 5.75 Å². The molecule has 2 N–H and O–H groups in total. The fraction of sp³-hybridized carbons (Fsp3) is 0.294. The molecule has 1 saturated heterocycles. The highest BCUT2D eigenvalue weighted by Gasteiger charge is 2.36. The largest absolute Gasteiger partial charge is 0.493 e. The van der Waals surface area contributed by atoms with Crippen LogP contribution in [0.25, 0.3) is 0 Å². The number of carbonyl (C=O) groups excluding carboxylic acids is 1. The third-order valence-corrected chi connectivity index (χ3v) is 8.91. The van der Waals surface area contributed by atoms with Crippen LogP contribution in [0, 0.1) is 0 Å². The first-order valence-corrected chi connectivity index (χ1v) is 16.0. The molecule has 15 heteroatoms. The van der Waals surface area contributed by atoms with Gasteiger partial charge in [0.15, 0.2) is 11.5 Å². The third kappa shape index (κ3) is 7.13. The molecule has 1 amide bonds. The second kappa shape index (κ2) is 13.9. The number of carbonyl (C=O) groups is 1. The highest BCUT2D eigenvalue weighted by molar-refractivity contribution is 9.10. The highest BCUT2D eigenvalue weighted by atomic mass is 79.9. The van der Waals surface area contributed by atoms with Crippen molar-refractivity contribution >= 4 is 50.7 Å². The van der Waals surface area contributed by atoms with E-state index in [4.69, 9.17) is 19.9 Å². The van der Waals surface area contributed by atoms with Gasteiger partial charge in [-0.3, -0.25) is 14.6 Å². The lowest BCUT2D eigenvalue weighted by Crippen LogP contribution is -2.51. The van der Waals surface area contributed by atoms with E-state index in [1.54, 1.807) is 31.4 Å². The number of nitrogens with two attached hydrogens (primary N) is 1. The minimum Gasteiger partial charge on any atom is -0.493 e. The second-order valence-electron chi connectivity index (χ2n) is 11.4. The molecule has 1 fully saturated rings. The Morgan fingerprint density at radius 2 is 1.67 bits per heavy atom. The van der Waals surface area contributed by atoms with E-state index in [1.807, 2.05) is 35.2 Å². The van der Waals surface area contributed by atoms with Crippen LogP contribution in [0.1, 0.15) is 22.3 Å². The lowest BCUT2D eigenvalue weighted by atomic mass is 10.1. The number of hydrogen-bond acceptors (Lipinski definition) is 10. The molecule has 0 saturated carbocycles. The number of methoxy groups -OCH3 is 3. The quantitative estimate of drug-likeness (QED) is 0.231. The predicted octanol–water partition coefficient (Wildman–Crippen LogP) is 5.70. The maximum absolute atomic E-state index is 13.9. The molecule has 49 heavy (non-hydrogen) atoms. The summed E-state index contributed by atoms with van der Waals surface area (Å²) in [7, 11) is 4.62. The van der Waals surface area contributed by atoms with E-state index in [-0.39, 0.29) is 30.1 Å². The van der Waals surface area contributed by atoms with Crippen LogP contribution in [-0.2, 0) is 17.4 Å². The number of piperazine rings is 1. The van der Waals surface area contributed by atoms with Gasteiger partial charge in [0, 0.05) is 60.1 Å². The van der Waals surface area contributed by atoms with Crippen molar-refractivity contribution in [3.63, 3.8) is 0 Å². The van der Waals surface area contributed by atoms with Gasteiger partial charge in [-0.2, -0.15) is 18.2 Å². The standard InChI is InChI=1S/C34H33BrF3N7O4/c1-47-27-14-20(15-28(48-2)30(27)49-3)13-21-18-40-33(42-31(21)39)41-29-25-17-23(35)7-8-26(25)45(32(29)46)19-43-9-11-44(12-10-43)24-6-4-5-22(16-24)34(36,37)38/h4-8,14-18H,9-13,19H2,1-3H3,(H2,39,40,42)/b41-29-. The Hall–Kier alpha value is -4.89. The lowest BCUT2D eigenvalue weighted by Gasteiger charge is -2.37. The van der Waals surface area contributed by atoms with Crippen molar-refractivity contribution in [2.45, 2.75) is 12.6 Å². The van der Waals surface area contributed by atoms with Crippen LogP contribution in [0.5, 0.6) is 17.2 Å². The first kappa shape index (κ1) is 34.0. The van der Waals surface area contributed by atoms with Gasteiger partial charge >= 0.3 is 6.18 Å². The number of amides is 1. The molecule has 3 heterocycles. The third-order valence-electron chi connectivity index (χ3n) is 8.42. The van der Waals surface area contributed by atoms with Gasteiger partial charge in [0.1, 0.15) is 11.5 Å². The number of anilines is 3. The number of nitrogen functional groups attached to an aromatic ring is 1. The Morgan fingerprint density at radius 1 is 0.959 bits per heavy atom. The fourth-order valence-electron chi connectivity index (χ4n) is 5.92.